The van der Waals surface area contributed by atoms with E-state index in [9.17, 15) is 0 Å². The second kappa shape index (κ2) is 30.3. The van der Waals surface area contributed by atoms with Crippen molar-refractivity contribution in [3.05, 3.63) is 0 Å². The van der Waals surface area contributed by atoms with Gasteiger partial charge in [0, 0.05) is 47.5 Å². The maximum atomic E-state index is 8.20. The summed E-state index contributed by atoms with van der Waals surface area (Å²) in [7, 11) is 11.6. The minimum atomic E-state index is -0.167. The van der Waals surface area contributed by atoms with Crippen LogP contribution in [0.1, 0.15) is 13.8 Å². The van der Waals surface area contributed by atoms with Crippen LogP contribution < -0.4 is 0 Å². The molecular formula is C15H41N3O4Ti. The van der Waals surface area contributed by atoms with Crippen molar-refractivity contribution in [1.29, 1.82) is 0 Å². The van der Waals surface area contributed by atoms with Gasteiger partial charge in [-0.25, -0.2) is 0 Å². The first kappa shape index (κ1) is 34.7. The summed E-state index contributed by atoms with van der Waals surface area (Å²) in [6.45, 7) is 6.51. The number of rotatable bonds is 6. The largest absolute Gasteiger partial charge is 0.395 e. The Morgan fingerprint density at radius 1 is 0.609 bits per heavy atom. The maximum absolute atomic E-state index is 8.20. The van der Waals surface area contributed by atoms with Crippen molar-refractivity contribution in [1.82, 2.24) is 14.7 Å². The monoisotopic (exact) mass is 375 g/mol. The van der Waals surface area contributed by atoms with Crippen LogP contribution in [0.2, 0.25) is 0 Å². The van der Waals surface area contributed by atoms with E-state index in [4.69, 9.17) is 20.4 Å². The number of hydrogen-bond acceptors (Lipinski definition) is 7. The van der Waals surface area contributed by atoms with Crippen molar-refractivity contribution < 1.29 is 42.1 Å². The molecule has 0 radical (unpaired) electrons. The van der Waals surface area contributed by atoms with Crippen LogP contribution in [-0.2, 0) is 21.7 Å². The van der Waals surface area contributed by atoms with Crippen LogP contribution in [-0.4, -0.2) is 123 Å². The molecule has 0 spiro atoms. The van der Waals surface area contributed by atoms with Gasteiger partial charge >= 0.3 is 0 Å². The first-order chi connectivity index (χ1) is 10.0. The molecule has 4 N–H and O–H groups in total. The molecule has 0 heterocycles. The van der Waals surface area contributed by atoms with Crippen LogP contribution in [0.4, 0.5) is 0 Å². The Bertz CT molecular complexity index is 148. The number of nitrogens with zero attached hydrogens (tertiary/aromatic N) is 3. The topological polar surface area (TPSA) is 90.6 Å². The summed E-state index contributed by atoms with van der Waals surface area (Å²) >= 11 is 0. The zero-order chi connectivity index (χ0) is 18.6. The Balaban J connectivity index is -0.0000000624. The zero-order valence-electron chi connectivity index (χ0n) is 16.5. The summed E-state index contributed by atoms with van der Waals surface area (Å²) in [5, 5.41) is 32.6. The molecule has 144 valence electrons. The molecule has 23 heavy (non-hydrogen) atoms. The van der Waals surface area contributed by atoms with E-state index in [-0.39, 0.29) is 47.6 Å². The molecule has 0 atom stereocenters. The number of likely N-dealkylation sites (N-methyl/N-ethyl adjacent to an activating group) is 3. The summed E-state index contributed by atoms with van der Waals surface area (Å²) in [5.74, 6) is 0. The van der Waals surface area contributed by atoms with Crippen LogP contribution in [0.15, 0.2) is 0 Å². The van der Waals surface area contributed by atoms with Crippen molar-refractivity contribution >= 4 is 0 Å². The molecule has 8 heteroatoms. The molecule has 0 rings (SSSR count). The van der Waals surface area contributed by atoms with Crippen molar-refractivity contribution in [2.75, 3.05) is 81.7 Å². The van der Waals surface area contributed by atoms with E-state index in [1.54, 1.807) is 13.8 Å². The summed E-state index contributed by atoms with van der Waals surface area (Å²) in [6.07, 6.45) is -0.167. The summed E-state index contributed by atoms with van der Waals surface area (Å²) in [6, 6.07) is 0. The summed E-state index contributed by atoms with van der Waals surface area (Å²) < 4.78 is 0. The van der Waals surface area contributed by atoms with E-state index in [1.807, 2.05) is 57.0 Å². The summed E-state index contributed by atoms with van der Waals surface area (Å²) in [4.78, 5) is 5.79. The van der Waals surface area contributed by atoms with Crippen LogP contribution in [0.25, 0.3) is 0 Å². The fourth-order valence-electron chi connectivity index (χ4n) is 0.600. The van der Waals surface area contributed by atoms with Crippen LogP contribution >= 0.6 is 0 Å². The third-order valence-electron chi connectivity index (χ3n) is 1.64. The van der Waals surface area contributed by atoms with Crippen molar-refractivity contribution in [2.24, 2.45) is 0 Å². The second-order valence-electron chi connectivity index (χ2n) is 5.67. The van der Waals surface area contributed by atoms with E-state index in [0.29, 0.717) is 0 Å². The number of hydrogen-bond donors (Lipinski definition) is 4. The van der Waals surface area contributed by atoms with Gasteiger partial charge in [0.2, 0.25) is 0 Å². The second-order valence-corrected chi connectivity index (χ2v) is 5.67. The van der Waals surface area contributed by atoms with E-state index >= 15 is 0 Å². The zero-order valence-corrected chi connectivity index (χ0v) is 18.0. The molecule has 0 saturated heterocycles. The predicted molar refractivity (Wildman–Crippen MR) is 94.3 cm³/mol. The Kier molecular flexibility index (Phi) is 45.8. The van der Waals surface area contributed by atoms with Gasteiger partial charge in [0.15, 0.2) is 0 Å². The Hall–Kier alpha value is 0.434. The van der Waals surface area contributed by atoms with Crippen molar-refractivity contribution in [3.8, 4) is 0 Å². The summed E-state index contributed by atoms with van der Waals surface area (Å²) in [5.41, 5.74) is 0. The van der Waals surface area contributed by atoms with Gasteiger partial charge in [-0.1, -0.05) is 0 Å². The smallest absolute Gasteiger partial charge is 0.0558 e. The molecule has 0 unspecified atom stereocenters. The Labute approximate surface area is 158 Å². The quantitative estimate of drug-likeness (QED) is 0.443. The van der Waals surface area contributed by atoms with Gasteiger partial charge in [-0.05, 0) is 56.1 Å². The van der Waals surface area contributed by atoms with Crippen molar-refractivity contribution in [3.63, 3.8) is 0 Å². The number of aliphatic hydroxyl groups is 4. The molecule has 0 aliphatic rings. The van der Waals surface area contributed by atoms with Crippen LogP contribution in [0.3, 0.4) is 0 Å². The minimum absolute atomic E-state index is 0. The Morgan fingerprint density at radius 2 is 0.739 bits per heavy atom. The fraction of sp³-hybridized carbons (Fsp3) is 1.00. The standard InChI is InChI=1S/3C4H11NO.C3H8O.Ti/c3*1-5(2)3-4-6;1-3(2)4;/h3*6H,3-4H2,1-2H3;3-4H,1-2H3;. The first-order valence-corrected chi connectivity index (χ1v) is 7.49. The van der Waals surface area contributed by atoms with Gasteiger partial charge in [0.1, 0.15) is 0 Å². The van der Waals surface area contributed by atoms with Crippen LogP contribution in [0.5, 0.6) is 0 Å². The van der Waals surface area contributed by atoms with E-state index in [1.165, 1.54) is 0 Å². The molecule has 0 aromatic rings. The molecule has 0 aromatic carbocycles. The van der Waals surface area contributed by atoms with Gasteiger partial charge in [-0.2, -0.15) is 0 Å². The SMILES string of the molecule is CC(C)O.CN(C)CCO.CN(C)CCO.CN(C)CCO.[Ti]. The normalized spacial score (nSPS) is 9.39. The van der Waals surface area contributed by atoms with Gasteiger partial charge in [0.25, 0.3) is 0 Å². The van der Waals surface area contributed by atoms with Gasteiger partial charge < -0.3 is 35.1 Å². The van der Waals surface area contributed by atoms with E-state index in [2.05, 4.69) is 0 Å². The first-order valence-electron chi connectivity index (χ1n) is 7.49. The molecule has 0 aliphatic carbocycles. The molecular weight excluding hydrogens is 334 g/mol. The molecule has 0 aromatic heterocycles. The van der Waals surface area contributed by atoms with E-state index in [0.717, 1.165) is 19.6 Å². The third-order valence-corrected chi connectivity index (χ3v) is 1.64. The minimum Gasteiger partial charge on any atom is -0.395 e. The molecule has 0 aliphatic heterocycles. The average Bonchev–Trinajstić information content (AvgIpc) is 2.28. The van der Waals surface area contributed by atoms with Gasteiger partial charge in [-0.3, -0.25) is 0 Å². The molecule has 0 amide bonds. The maximum Gasteiger partial charge on any atom is 0.0558 e. The predicted octanol–water partition coefficient (Wildman–Crippen LogP) is -0.994. The Morgan fingerprint density at radius 3 is 0.739 bits per heavy atom. The fourth-order valence-corrected chi connectivity index (χ4v) is 0.600. The van der Waals surface area contributed by atoms with Crippen molar-refractivity contribution in [2.45, 2.75) is 20.0 Å². The van der Waals surface area contributed by atoms with Gasteiger partial charge in [-0.15, -0.1) is 0 Å². The van der Waals surface area contributed by atoms with E-state index < -0.39 is 0 Å². The average molecular weight is 375 g/mol. The van der Waals surface area contributed by atoms with Gasteiger partial charge in [0.05, 0.1) is 19.8 Å². The third kappa shape index (κ3) is 105. The molecule has 7 nitrogen and oxygen atoms in total. The molecule has 0 fully saturated rings. The molecule has 0 saturated carbocycles. The molecule has 0 bridgehead atoms. The number of aliphatic hydroxyl groups excluding tert-OH is 4. The van der Waals surface area contributed by atoms with Crippen LogP contribution in [0, 0.1) is 0 Å².